The summed E-state index contributed by atoms with van der Waals surface area (Å²) < 4.78 is 10.7. The number of hydrogen-bond acceptors (Lipinski definition) is 7. The molecule has 5 rings (SSSR count). The Bertz CT molecular complexity index is 733. The van der Waals surface area contributed by atoms with E-state index in [1.807, 2.05) is 0 Å². The third-order valence-electron chi connectivity index (χ3n) is 4.98. The average molecular weight is 348 g/mol. The molecule has 0 unspecified atom stereocenters. The van der Waals surface area contributed by atoms with Gasteiger partial charge >= 0.3 is 6.08 Å². The lowest BCUT2D eigenvalue weighted by molar-refractivity contribution is 0.0218. The minimum atomic E-state index is -0.0397. The third-order valence-corrected chi connectivity index (χ3v) is 5.94. The van der Waals surface area contributed by atoms with Gasteiger partial charge in [0.25, 0.3) is 5.91 Å². The number of amides is 1. The number of hydrogen-bond donors (Lipinski definition) is 1. The van der Waals surface area contributed by atoms with Crippen LogP contribution in [0.2, 0.25) is 0 Å². The molecule has 2 aromatic rings. The van der Waals surface area contributed by atoms with Crippen LogP contribution in [0.15, 0.2) is 16.5 Å². The summed E-state index contributed by atoms with van der Waals surface area (Å²) in [7, 11) is 0. The van der Waals surface area contributed by atoms with Crippen LogP contribution < -0.4 is 10.1 Å². The van der Waals surface area contributed by atoms with E-state index in [4.69, 9.17) is 9.15 Å². The molecule has 3 aliphatic heterocycles. The molecule has 0 aliphatic carbocycles. The number of aromatic nitrogens is 2. The normalized spacial score (nSPS) is 28.8. The number of nitrogens with one attached hydrogen (secondary N) is 1. The lowest BCUT2D eigenvalue weighted by Crippen LogP contribution is -2.62. The van der Waals surface area contributed by atoms with Gasteiger partial charge in [-0.25, -0.2) is 0 Å². The second kappa shape index (κ2) is 6.18. The topological polar surface area (TPSA) is 80.5 Å². The first kappa shape index (κ1) is 15.6. The fraction of sp³-hybridized carbons (Fsp3) is 0.562. The Kier molecular flexibility index (Phi) is 4.01. The molecule has 5 heterocycles. The highest BCUT2D eigenvalue weighted by Gasteiger charge is 2.40. The van der Waals surface area contributed by atoms with Gasteiger partial charge in [-0.3, -0.25) is 9.69 Å². The summed E-state index contributed by atoms with van der Waals surface area (Å²) >= 11 is 1.28. The summed E-state index contributed by atoms with van der Waals surface area (Å²) in [5.74, 6) is 0.990. The monoisotopic (exact) mass is 348 g/mol. The maximum Gasteiger partial charge on any atom is 0.421 e. The van der Waals surface area contributed by atoms with Gasteiger partial charge in [-0.05, 0) is 50.9 Å². The Balaban J connectivity index is 1.41. The van der Waals surface area contributed by atoms with E-state index in [2.05, 4.69) is 27.3 Å². The summed E-state index contributed by atoms with van der Waals surface area (Å²) in [6, 6.07) is 4.15. The van der Waals surface area contributed by atoms with Crippen LogP contribution in [-0.4, -0.2) is 46.2 Å². The first-order valence-electron chi connectivity index (χ1n) is 8.23. The van der Waals surface area contributed by atoms with Crippen LogP contribution in [-0.2, 0) is 0 Å². The minimum Gasteiger partial charge on any atom is -0.399 e. The van der Waals surface area contributed by atoms with Gasteiger partial charge in [-0.2, -0.15) is 0 Å². The van der Waals surface area contributed by atoms with Gasteiger partial charge in [0.05, 0.1) is 4.88 Å². The van der Waals surface area contributed by atoms with Crippen LogP contribution in [0.25, 0.3) is 0 Å². The van der Waals surface area contributed by atoms with Crippen LogP contribution in [0.4, 0.5) is 0 Å². The number of ether oxygens (including phenoxy) is 1. The van der Waals surface area contributed by atoms with Crippen molar-refractivity contribution in [1.29, 1.82) is 0 Å². The minimum absolute atomic E-state index is 0.0397. The second-order valence-corrected chi connectivity index (χ2v) is 7.47. The second-order valence-electron chi connectivity index (χ2n) is 6.42. The molecule has 2 aromatic heterocycles. The lowest BCUT2D eigenvalue weighted by atomic mass is 9.79. The quantitative estimate of drug-likeness (QED) is 0.914. The molecule has 3 aliphatic rings. The van der Waals surface area contributed by atoms with E-state index in [1.165, 1.54) is 24.2 Å². The molecule has 0 saturated carbocycles. The Morgan fingerprint density at radius 2 is 2.17 bits per heavy atom. The van der Waals surface area contributed by atoms with Crippen LogP contribution in [0.1, 0.15) is 35.3 Å². The molecule has 3 saturated heterocycles. The molecular formula is C16H20N4O3S. The van der Waals surface area contributed by atoms with Crippen molar-refractivity contribution in [3.63, 3.8) is 0 Å². The zero-order valence-electron chi connectivity index (χ0n) is 13.7. The summed E-state index contributed by atoms with van der Waals surface area (Å²) in [4.78, 5) is 15.7. The fourth-order valence-corrected chi connectivity index (χ4v) is 4.42. The molecule has 8 heteroatoms. The molecule has 3 fully saturated rings. The number of aryl methyl sites for hydroxylation is 1. The van der Waals surface area contributed by atoms with Crippen LogP contribution in [0.5, 0.6) is 11.1 Å². The van der Waals surface area contributed by atoms with Crippen molar-refractivity contribution < 1.29 is 13.9 Å². The molecule has 1 N–H and O–H groups in total. The van der Waals surface area contributed by atoms with E-state index in [1.54, 1.807) is 19.1 Å². The highest BCUT2D eigenvalue weighted by Crippen LogP contribution is 2.33. The van der Waals surface area contributed by atoms with Gasteiger partial charge in [0, 0.05) is 19.0 Å². The molecule has 0 aromatic carbocycles. The van der Waals surface area contributed by atoms with Crippen molar-refractivity contribution in [3.05, 3.63) is 22.9 Å². The van der Waals surface area contributed by atoms with Crippen molar-refractivity contribution in [3.8, 4) is 11.1 Å². The van der Waals surface area contributed by atoms with E-state index < -0.39 is 0 Å². The molecule has 1 amide bonds. The Morgan fingerprint density at radius 3 is 2.83 bits per heavy atom. The Hall–Kier alpha value is -1.93. The number of fused-ring (bicyclic) bond motifs is 3. The molecule has 24 heavy (non-hydrogen) atoms. The predicted molar refractivity (Wildman–Crippen MR) is 88.4 cm³/mol. The number of rotatable bonds is 4. The van der Waals surface area contributed by atoms with Gasteiger partial charge in [0.15, 0.2) is 5.06 Å². The van der Waals surface area contributed by atoms with Crippen molar-refractivity contribution in [2.24, 2.45) is 5.92 Å². The first-order valence-corrected chi connectivity index (χ1v) is 9.04. The van der Waals surface area contributed by atoms with Crippen LogP contribution in [0, 0.1) is 12.8 Å². The van der Waals surface area contributed by atoms with Gasteiger partial charge < -0.3 is 14.5 Å². The number of thiophene rings is 1. The van der Waals surface area contributed by atoms with Gasteiger partial charge in [-0.15, -0.1) is 5.10 Å². The molecule has 7 nitrogen and oxygen atoms in total. The SMILES string of the molecule is Cc1nnc(Oc2ccc(C(=O)N[C@@H]3C4CCN(CC4)[C@H]3C)s2)o1. The fourth-order valence-electron chi connectivity index (χ4n) is 3.67. The van der Waals surface area contributed by atoms with Gasteiger partial charge in [0.1, 0.15) is 0 Å². The number of carbonyl (C=O) groups is 1. The van der Waals surface area contributed by atoms with Crippen LogP contribution >= 0.6 is 11.3 Å². The number of nitrogens with zero attached hydrogens (tertiary/aromatic N) is 3. The maximum atomic E-state index is 12.6. The molecule has 2 atom stereocenters. The van der Waals surface area contributed by atoms with E-state index in [-0.39, 0.29) is 18.0 Å². The van der Waals surface area contributed by atoms with Crippen LogP contribution in [0.3, 0.4) is 0 Å². The summed E-state index contributed by atoms with van der Waals surface area (Å²) in [6.45, 7) is 6.21. The van der Waals surface area contributed by atoms with Crippen molar-refractivity contribution >= 4 is 17.2 Å². The Morgan fingerprint density at radius 1 is 1.38 bits per heavy atom. The molecule has 2 bridgehead atoms. The highest BCUT2D eigenvalue weighted by atomic mass is 32.1. The number of carbonyl (C=O) groups excluding carboxylic acids is 1. The van der Waals surface area contributed by atoms with Crippen molar-refractivity contribution in [2.75, 3.05) is 13.1 Å². The van der Waals surface area contributed by atoms with Gasteiger partial charge in [0.2, 0.25) is 5.89 Å². The van der Waals surface area contributed by atoms with Crippen molar-refractivity contribution in [1.82, 2.24) is 20.4 Å². The summed E-state index contributed by atoms with van der Waals surface area (Å²) in [6.07, 6.45) is 2.43. The summed E-state index contributed by atoms with van der Waals surface area (Å²) in [5, 5.41) is 11.3. The highest BCUT2D eigenvalue weighted by molar-refractivity contribution is 7.15. The first-order chi connectivity index (χ1) is 11.6. The van der Waals surface area contributed by atoms with Gasteiger partial charge in [-0.1, -0.05) is 16.4 Å². The zero-order valence-corrected chi connectivity index (χ0v) is 14.5. The maximum absolute atomic E-state index is 12.6. The average Bonchev–Trinajstić information content (AvgIpc) is 3.21. The zero-order chi connectivity index (χ0) is 16.7. The van der Waals surface area contributed by atoms with E-state index in [0.29, 0.717) is 27.8 Å². The molecule has 0 spiro atoms. The third kappa shape index (κ3) is 2.91. The van der Waals surface area contributed by atoms with Crippen molar-refractivity contribution in [2.45, 2.75) is 38.8 Å². The molecule has 0 radical (unpaired) electrons. The summed E-state index contributed by atoms with van der Waals surface area (Å²) in [5.41, 5.74) is 0. The molecular weight excluding hydrogens is 328 g/mol. The number of piperidine rings is 3. The standard InChI is InChI=1S/C16H20N4O3S/c1-9-14(11-5-7-20(9)8-6-11)17-15(21)12-3-4-13(24-12)23-16-19-18-10(2)22-16/h3-4,9,11,14H,5-8H2,1-2H3,(H,17,21)/t9-,14-/m0/s1. The van der Waals surface area contributed by atoms with E-state index >= 15 is 0 Å². The largest absolute Gasteiger partial charge is 0.421 e. The smallest absolute Gasteiger partial charge is 0.399 e. The van der Waals surface area contributed by atoms with E-state index in [9.17, 15) is 4.79 Å². The Labute approximate surface area is 144 Å². The lowest BCUT2D eigenvalue weighted by Gasteiger charge is -2.49. The predicted octanol–water partition coefficient (Wildman–Crippen LogP) is 2.44. The van der Waals surface area contributed by atoms with E-state index in [0.717, 1.165) is 13.1 Å². The molecule has 128 valence electrons.